The summed E-state index contributed by atoms with van der Waals surface area (Å²) in [5.41, 5.74) is 1.39. The van der Waals surface area contributed by atoms with Gasteiger partial charge in [0.25, 0.3) is 0 Å². The van der Waals surface area contributed by atoms with Gasteiger partial charge in [0, 0.05) is 52.9 Å². The minimum absolute atomic E-state index is 0.402. The Bertz CT molecular complexity index is 620. The lowest BCUT2D eigenvalue weighted by molar-refractivity contribution is 0.124. The minimum atomic E-state index is 0.402. The Balaban J connectivity index is 1.44. The monoisotopic (exact) mass is 414 g/mol. The predicted octanol–water partition coefficient (Wildman–Crippen LogP) is 2.26. The van der Waals surface area contributed by atoms with Crippen molar-refractivity contribution in [2.24, 2.45) is 10.9 Å². The summed E-state index contributed by atoms with van der Waals surface area (Å²) in [6.07, 6.45) is 2.61. The van der Waals surface area contributed by atoms with Gasteiger partial charge in [-0.15, -0.1) is 0 Å². The maximum atomic E-state index is 4.48. The van der Waals surface area contributed by atoms with E-state index >= 15 is 0 Å². The van der Waals surface area contributed by atoms with Gasteiger partial charge in [-0.1, -0.05) is 44.2 Å². The van der Waals surface area contributed by atoms with E-state index in [1.807, 2.05) is 7.05 Å². The lowest BCUT2D eigenvalue weighted by Gasteiger charge is -2.35. The van der Waals surface area contributed by atoms with Crippen LogP contribution >= 0.6 is 0 Å². The van der Waals surface area contributed by atoms with E-state index in [-0.39, 0.29) is 0 Å². The first-order chi connectivity index (χ1) is 14.7. The van der Waals surface area contributed by atoms with E-state index in [0.29, 0.717) is 12.0 Å². The van der Waals surface area contributed by atoms with Crippen molar-refractivity contribution in [2.75, 3.05) is 72.5 Å². The predicted molar refractivity (Wildman–Crippen MR) is 127 cm³/mol. The number of likely N-dealkylation sites (tertiary alicyclic amines) is 1. The van der Waals surface area contributed by atoms with Crippen molar-refractivity contribution in [2.45, 2.75) is 32.7 Å². The molecule has 168 valence electrons. The highest BCUT2D eigenvalue weighted by Crippen LogP contribution is 2.24. The van der Waals surface area contributed by atoms with Gasteiger partial charge in [-0.3, -0.25) is 9.89 Å². The Hall–Kier alpha value is -1.63. The molecule has 2 N–H and O–H groups in total. The van der Waals surface area contributed by atoms with Crippen LogP contribution in [0.3, 0.4) is 0 Å². The number of nitrogens with one attached hydrogen (secondary N) is 2. The number of hydrogen-bond donors (Lipinski definition) is 2. The third kappa shape index (κ3) is 6.96. The van der Waals surface area contributed by atoms with Gasteiger partial charge in [0.05, 0.1) is 6.04 Å². The zero-order chi connectivity index (χ0) is 21.2. The molecule has 2 heterocycles. The summed E-state index contributed by atoms with van der Waals surface area (Å²) in [6, 6.07) is 11.3. The second-order valence-corrected chi connectivity index (χ2v) is 8.84. The molecular weight excluding hydrogens is 372 g/mol. The molecule has 0 amide bonds. The number of benzene rings is 1. The van der Waals surface area contributed by atoms with Crippen molar-refractivity contribution in [1.82, 2.24) is 25.3 Å². The van der Waals surface area contributed by atoms with Crippen LogP contribution in [0.15, 0.2) is 35.3 Å². The second kappa shape index (κ2) is 12.3. The molecule has 6 heteroatoms. The molecule has 1 aromatic carbocycles. The Morgan fingerprint density at radius 3 is 2.20 bits per heavy atom. The van der Waals surface area contributed by atoms with Crippen LogP contribution in [0.4, 0.5) is 0 Å². The standard InChI is InChI=1S/C24H42N6/c1-4-28-14-16-29(17-15-28)20-21(2)18-26-24(25-3)27-19-23(30-12-8-9-13-30)22-10-6-5-7-11-22/h5-7,10-11,21,23H,4,8-9,12-20H2,1-3H3,(H2,25,26,27). The molecule has 0 spiro atoms. The zero-order valence-electron chi connectivity index (χ0n) is 19.3. The fraction of sp³-hybridized carbons (Fsp3) is 0.708. The Labute approximate surface area is 183 Å². The van der Waals surface area contributed by atoms with Crippen molar-refractivity contribution in [1.29, 1.82) is 0 Å². The van der Waals surface area contributed by atoms with Gasteiger partial charge in [0.2, 0.25) is 0 Å². The van der Waals surface area contributed by atoms with Crippen LogP contribution in [-0.2, 0) is 0 Å². The summed E-state index contributed by atoms with van der Waals surface area (Å²) < 4.78 is 0. The van der Waals surface area contributed by atoms with Gasteiger partial charge in [0.15, 0.2) is 5.96 Å². The molecule has 0 radical (unpaired) electrons. The van der Waals surface area contributed by atoms with Gasteiger partial charge in [-0.2, -0.15) is 0 Å². The number of piperazine rings is 1. The van der Waals surface area contributed by atoms with Crippen LogP contribution in [0.25, 0.3) is 0 Å². The zero-order valence-corrected chi connectivity index (χ0v) is 19.3. The van der Waals surface area contributed by atoms with Crippen LogP contribution < -0.4 is 10.6 Å². The lowest BCUT2D eigenvalue weighted by Crippen LogP contribution is -2.49. The summed E-state index contributed by atoms with van der Waals surface area (Å²) in [7, 11) is 1.87. The van der Waals surface area contributed by atoms with Crippen LogP contribution in [0, 0.1) is 5.92 Å². The minimum Gasteiger partial charge on any atom is -0.356 e. The molecule has 2 fully saturated rings. The van der Waals surface area contributed by atoms with Crippen molar-refractivity contribution in [3.05, 3.63) is 35.9 Å². The SMILES string of the molecule is CCN1CCN(CC(C)CNC(=NC)NCC(c2ccccc2)N2CCCC2)CC1. The summed E-state index contributed by atoms with van der Waals surface area (Å²) in [5, 5.41) is 7.15. The highest BCUT2D eigenvalue weighted by atomic mass is 15.3. The maximum Gasteiger partial charge on any atom is 0.191 e. The fourth-order valence-corrected chi connectivity index (χ4v) is 4.66. The number of rotatable bonds is 9. The molecule has 0 saturated carbocycles. The van der Waals surface area contributed by atoms with Gasteiger partial charge < -0.3 is 20.4 Å². The largest absolute Gasteiger partial charge is 0.356 e. The van der Waals surface area contributed by atoms with E-state index in [4.69, 9.17) is 0 Å². The molecule has 0 bridgehead atoms. The topological polar surface area (TPSA) is 46.1 Å². The first-order valence-corrected chi connectivity index (χ1v) is 11.9. The second-order valence-electron chi connectivity index (χ2n) is 8.84. The van der Waals surface area contributed by atoms with Crippen molar-refractivity contribution >= 4 is 5.96 Å². The summed E-state index contributed by atoms with van der Waals surface area (Å²) in [6.45, 7) is 15.9. The summed E-state index contributed by atoms with van der Waals surface area (Å²) >= 11 is 0. The highest BCUT2D eigenvalue weighted by molar-refractivity contribution is 5.79. The molecule has 0 aliphatic carbocycles. The molecule has 6 nitrogen and oxygen atoms in total. The lowest BCUT2D eigenvalue weighted by atomic mass is 10.1. The van der Waals surface area contributed by atoms with E-state index in [1.165, 1.54) is 64.2 Å². The average molecular weight is 415 g/mol. The maximum absolute atomic E-state index is 4.48. The van der Waals surface area contributed by atoms with Crippen LogP contribution in [0.1, 0.15) is 38.3 Å². The molecule has 2 saturated heterocycles. The van der Waals surface area contributed by atoms with E-state index in [2.05, 4.69) is 74.5 Å². The first kappa shape index (κ1) is 23.0. The Morgan fingerprint density at radius 1 is 0.933 bits per heavy atom. The van der Waals surface area contributed by atoms with Gasteiger partial charge in [-0.05, 0) is 44.0 Å². The number of hydrogen-bond acceptors (Lipinski definition) is 4. The molecule has 1 aromatic rings. The van der Waals surface area contributed by atoms with E-state index in [1.54, 1.807) is 0 Å². The fourth-order valence-electron chi connectivity index (χ4n) is 4.66. The van der Waals surface area contributed by atoms with Gasteiger partial charge in [0.1, 0.15) is 0 Å². The van der Waals surface area contributed by atoms with Gasteiger partial charge in [-0.25, -0.2) is 0 Å². The number of nitrogens with zero attached hydrogens (tertiary/aromatic N) is 4. The third-order valence-electron chi connectivity index (χ3n) is 6.55. The molecule has 2 aliphatic rings. The number of aliphatic imine (C=N–C) groups is 1. The molecule has 2 unspecified atom stereocenters. The Kier molecular flexibility index (Phi) is 9.43. The molecule has 0 aromatic heterocycles. The van der Waals surface area contributed by atoms with Crippen molar-refractivity contribution in [3.63, 3.8) is 0 Å². The molecule has 2 atom stereocenters. The molecule has 30 heavy (non-hydrogen) atoms. The highest BCUT2D eigenvalue weighted by Gasteiger charge is 2.23. The Morgan fingerprint density at radius 2 is 1.57 bits per heavy atom. The van der Waals surface area contributed by atoms with Crippen molar-refractivity contribution < 1.29 is 0 Å². The van der Waals surface area contributed by atoms with E-state index in [9.17, 15) is 0 Å². The molecular formula is C24H42N6. The van der Waals surface area contributed by atoms with Crippen LogP contribution in [0.2, 0.25) is 0 Å². The summed E-state index contributed by atoms with van der Waals surface area (Å²) in [5.74, 6) is 1.51. The smallest absolute Gasteiger partial charge is 0.191 e. The normalized spacial score (nSPS) is 21.5. The van der Waals surface area contributed by atoms with Crippen LogP contribution in [0.5, 0.6) is 0 Å². The average Bonchev–Trinajstić information content (AvgIpc) is 3.32. The van der Waals surface area contributed by atoms with E-state index < -0.39 is 0 Å². The van der Waals surface area contributed by atoms with Gasteiger partial charge >= 0.3 is 0 Å². The third-order valence-corrected chi connectivity index (χ3v) is 6.55. The molecule has 3 rings (SSSR count). The first-order valence-electron chi connectivity index (χ1n) is 11.9. The van der Waals surface area contributed by atoms with E-state index in [0.717, 1.165) is 25.6 Å². The number of likely N-dealkylation sites (N-methyl/N-ethyl adjacent to an activating group) is 1. The number of guanidine groups is 1. The molecule has 2 aliphatic heterocycles. The quantitative estimate of drug-likeness (QED) is 0.479. The van der Waals surface area contributed by atoms with Crippen LogP contribution in [-0.4, -0.2) is 93.2 Å². The summed E-state index contributed by atoms with van der Waals surface area (Å²) in [4.78, 5) is 12.2. The van der Waals surface area contributed by atoms with Crippen molar-refractivity contribution in [3.8, 4) is 0 Å².